The number of carbonyl (C=O) groups is 1. The second-order valence-electron chi connectivity index (χ2n) is 8.48. The van der Waals surface area contributed by atoms with Crippen LogP contribution in [-0.4, -0.2) is 31.1 Å². The number of carbonyl (C=O) groups excluding carboxylic acids is 1. The number of nitrogens with zero attached hydrogens (tertiary/aromatic N) is 1. The molecule has 2 aliphatic carbocycles. The molecule has 5 rings (SSSR count). The quantitative estimate of drug-likeness (QED) is 0.591. The lowest BCUT2D eigenvalue weighted by atomic mass is 9.97. The van der Waals surface area contributed by atoms with Crippen molar-refractivity contribution in [2.24, 2.45) is 5.92 Å². The second kappa shape index (κ2) is 8.89. The first kappa shape index (κ1) is 21.0. The Bertz CT molecular complexity index is 921. The minimum absolute atomic E-state index is 0.00119. The molecule has 1 aliphatic heterocycles. The van der Waals surface area contributed by atoms with Crippen molar-refractivity contribution in [2.45, 2.75) is 57.9 Å². The molecule has 0 bridgehead atoms. The van der Waals surface area contributed by atoms with Gasteiger partial charge in [0.15, 0.2) is 0 Å². The third-order valence-electron chi connectivity index (χ3n) is 6.74. The molecule has 3 aliphatic rings. The van der Waals surface area contributed by atoms with Crippen LogP contribution in [0.15, 0.2) is 36.4 Å². The molecular weight excluding hydrogens is 377 g/mol. The van der Waals surface area contributed by atoms with Gasteiger partial charge in [-0.2, -0.15) is 0 Å². The molecule has 1 heterocycles. The maximum absolute atomic E-state index is 14.5. The van der Waals surface area contributed by atoms with Crippen molar-refractivity contribution in [3.8, 4) is 11.1 Å². The second-order valence-corrected chi connectivity index (χ2v) is 8.48. The number of methoxy groups -OCH3 is 1. The van der Waals surface area contributed by atoms with Gasteiger partial charge in [-0.3, -0.25) is 9.69 Å². The van der Waals surface area contributed by atoms with Crippen LogP contribution in [0.2, 0.25) is 0 Å². The molecule has 3 nitrogen and oxygen atoms in total. The number of benzene rings is 2. The number of aryl methyl sites for hydroxylation is 1. The maximum atomic E-state index is 14.5. The fourth-order valence-corrected chi connectivity index (χ4v) is 5.02. The predicted molar refractivity (Wildman–Crippen MR) is 118 cm³/mol. The number of rotatable bonds is 4. The smallest absolute Gasteiger partial charge is 0.310 e. The molecule has 2 aromatic carbocycles. The first-order valence-electron chi connectivity index (χ1n) is 11.4. The Morgan fingerprint density at radius 1 is 1.00 bits per heavy atom. The van der Waals surface area contributed by atoms with Crippen LogP contribution in [0.3, 0.4) is 0 Å². The Hall–Kier alpha value is -2.20. The summed E-state index contributed by atoms with van der Waals surface area (Å²) in [7, 11) is 1.47. The third kappa shape index (κ3) is 4.02. The Labute approximate surface area is 179 Å². The molecule has 2 aromatic rings. The SMILES string of the molecule is CC.COC(=O)C1CCN(C2CCc3cc(-c4ccc(C5CC5)c(F)c4)ccc32)C1. The van der Waals surface area contributed by atoms with E-state index in [1.807, 2.05) is 19.9 Å². The van der Waals surface area contributed by atoms with Crippen LogP contribution in [-0.2, 0) is 16.0 Å². The lowest BCUT2D eigenvalue weighted by Crippen LogP contribution is -2.27. The van der Waals surface area contributed by atoms with E-state index in [4.69, 9.17) is 4.74 Å². The average Bonchev–Trinajstić information content (AvgIpc) is 3.34. The molecule has 0 aromatic heterocycles. The summed E-state index contributed by atoms with van der Waals surface area (Å²) in [5.41, 5.74) is 5.65. The first-order valence-corrected chi connectivity index (χ1v) is 11.4. The van der Waals surface area contributed by atoms with Gasteiger partial charge in [-0.15, -0.1) is 0 Å². The van der Waals surface area contributed by atoms with Crippen molar-refractivity contribution in [1.82, 2.24) is 4.90 Å². The molecule has 2 fully saturated rings. The van der Waals surface area contributed by atoms with Gasteiger partial charge in [0, 0.05) is 12.6 Å². The zero-order chi connectivity index (χ0) is 21.3. The molecule has 2 unspecified atom stereocenters. The highest BCUT2D eigenvalue weighted by Gasteiger charge is 2.36. The summed E-state index contributed by atoms with van der Waals surface area (Å²) in [5.74, 6) is 0.280. The predicted octanol–water partition coefficient (Wildman–Crippen LogP) is 5.88. The summed E-state index contributed by atoms with van der Waals surface area (Å²) in [6.07, 6.45) is 5.23. The van der Waals surface area contributed by atoms with E-state index in [9.17, 15) is 9.18 Å². The minimum atomic E-state index is -0.0901. The molecule has 30 heavy (non-hydrogen) atoms. The number of likely N-dealkylation sites (tertiary alicyclic amines) is 1. The molecule has 0 amide bonds. The Balaban J connectivity index is 0.00000106. The molecular formula is C26H32FNO2. The van der Waals surface area contributed by atoms with Gasteiger partial charge >= 0.3 is 5.97 Å². The van der Waals surface area contributed by atoms with Crippen LogP contribution >= 0.6 is 0 Å². The van der Waals surface area contributed by atoms with Crippen LogP contribution in [0.5, 0.6) is 0 Å². The topological polar surface area (TPSA) is 29.5 Å². The molecule has 0 radical (unpaired) electrons. The summed E-state index contributed by atoms with van der Waals surface area (Å²) < 4.78 is 19.4. The van der Waals surface area contributed by atoms with Crippen molar-refractivity contribution in [1.29, 1.82) is 0 Å². The van der Waals surface area contributed by atoms with E-state index in [-0.39, 0.29) is 17.7 Å². The minimum Gasteiger partial charge on any atom is -0.469 e. The molecule has 1 saturated carbocycles. The van der Waals surface area contributed by atoms with Gasteiger partial charge in [0.2, 0.25) is 0 Å². The highest BCUT2D eigenvalue weighted by Crippen LogP contribution is 2.43. The molecule has 160 valence electrons. The Morgan fingerprint density at radius 2 is 1.70 bits per heavy atom. The van der Waals surface area contributed by atoms with E-state index >= 15 is 0 Å². The highest BCUT2D eigenvalue weighted by molar-refractivity contribution is 5.73. The molecule has 0 spiro atoms. The lowest BCUT2D eigenvalue weighted by Gasteiger charge is -2.24. The van der Waals surface area contributed by atoms with Gasteiger partial charge in [-0.1, -0.05) is 44.2 Å². The van der Waals surface area contributed by atoms with Crippen molar-refractivity contribution in [3.05, 3.63) is 58.9 Å². The standard InChI is InChI=1S/C24H26FNO2.C2H6/c1-28-24(27)19-10-11-26(14-19)23-9-6-18-12-16(5-8-21(18)23)17-4-7-20(15-2-3-15)22(25)13-17;1-2/h4-5,7-8,12-13,15,19,23H,2-3,6,9-11,14H2,1H3;1-2H3. The van der Waals surface area contributed by atoms with Crippen LogP contribution in [0, 0.1) is 11.7 Å². The van der Waals surface area contributed by atoms with Crippen LogP contribution in [0.25, 0.3) is 11.1 Å². The Kier molecular flexibility index (Phi) is 6.24. The van der Waals surface area contributed by atoms with Gasteiger partial charge in [0.25, 0.3) is 0 Å². The van der Waals surface area contributed by atoms with Gasteiger partial charge in [0.1, 0.15) is 5.82 Å². The van der Waals surface area contributed by atoms with E-state index in [0.29, 0.717) is 12.0 Å². The fourth-order valence-electron chi connectivity index (χ4n) is 5.02. The number of fused-ring (bicyclic) bond motifs is 1. The van der Waals surface area contributed by atoms with Gasteiger partial charge in [-0.05, 0) is 78.5 Å². The summed E-state index contributed by atoms with van der Waals surface area (Å²) in [6, 6.07) is 12.7. The largest absolute Gasteiger partial charge is 0.469 e. The molecule has 0 N–H and O–H groups in total. The monoisotopic (exact) mass is 409 g/mol. The van der Waals surface area contributed by atoms with E-state index < -0.39 is 0 Å². The van der Waals surface area contributed by atoms with E-state index in [1.54, 1.807) is 6.07 Å². The zero-order valence-electron chi connectivity index (χ0n) is 18.3. The summed E-state index contributed by atoms with van der Waals surface area (Å²) in [6.45, 7) is 5.73. The van der Waals surface area contributed by atoms with Gasteiger partial charge in [0.05, 0.1) is 13.0 Å². The zero-order valence-corrected chi connectivity index (χ0v) is 18.3. The average molecular weight is 410 g/mol. The van der Waals surface area contributed by atoms with Crippen molar-refractivity contribution < 1.29 is 13.9 Å². The number of esters is 1. The molecule has 4 heteroatoms. The summed E-state index contributed by atoms with van der Waals surface area (Å²) in [4.78, 5) is 14.3. The van der Waals surface area contributed by atoms with Crippen LogP contribution in [0.4, 0.5) is 4.39 Å². The Morgan fingerprint density at radius 3 is 2.37 bits per heavy atom. The van der Waals surface area contributed by atoms with Gasteiger partial charge in [-0.25, -0.2) is 4.39 Å². The summed E-state index contributed by atoms with van der Waals surface area (Å²) >= 11 is 0. The third-order valence-corrected chi connectivity index (χ3v) is 6.74. The van der Waals surface area contributed by atoms with Gasteiger partial charge < -0.3 is 4.74 Å². The van der Waals surface area contributed by atoms with Crippen molar-refractivity contribution >= 4 is 5.97 Å². The highest BCUT2D eigenvalue weighted by atomic mass is 19.1. The number of ether oxygens (including phenoxy) is 1. The van der Waals surface area contributed by atoms with E-state index in [2.05, 4.69) is 29.2 Å². The number of hydrogen-bond donors (Lipinski definition) is 0. The van der Waals surface area contributed by atoms with E-state index in [0.717, 1.165) is 61.9 Å². The first-order chi connectivity index (χ1) is 14.6. The lowest BCUT2D eigenvalue weighted by molar-refractivity contribution is -0.145. The van der Waals surface area contributed by atoms with Crippen molar-refractivity contribution in [3.63, 3.8) is 0 Å². The maximum Gasteiger partial charge on any atom is 0.310 e. The summed E-state index contributed by atoms with van der Waals surface area (Å²) in [5, 5.41) is 0. The van der Waals surface area contributed by atoms with Crippen LogP contribution in [0.1, 0.15) is 68.2 Å². The fraction of sp³-hybridized carbons (Fsp3) is 0.500. The van der Waals surface area contributed by atoms with Crippen LogP contribution < -0.4 is 0 Å². The molecule has 2 atom stereocenters. The normalized spacial score (nSPS) is 22.9. The molecule has 1 saturated heterocycles. The van der Waals surface area contributed by atoms with E-state index in [1.165, 1.54) is 18.2 Å². The number of halogens is 1. The number of hydrogen-bond acceptors (Lipinski definition) is 3. The van der Waals surface area contributed by atoms with Crippen molar-refractivity contribution in [2.75, 3.05) is 20.2 Å².